The third-order valence-corrected chi connectivity index (χ3v) is 5.44. The Bertz CT molecular complexity index is 904. The maximum Gasteiger partial charge on any atom is 0.258 e. The zero-order valence-electron chi connectivity index (χ0n) is 14.4. The molecule has 1 unspecified atom stereocenters. The molecule has 1 atom stereocenters. The zero-order valence-corrected chi connectivity index (χ0v) is 15.9. The highest BCUT2D eigenvalue weighted by Gasteiger charge is 2.26. The van der Waals surface area contributed by atoms with Crippen LogP contribution in [0.15, 0.2) is 35.1 Å². The summed E-state index contributed by atoms with van der Waals surface area (Å²) in [5, 5.41) is 0.946. The van der Waals surface area contributed by atoms with Crippen LogP contribution in [0.1, 0.15) is 37.7 Å². The van der Waals surface area contributed by atoms with Gasteiger partial charge in [0.05, 0.1) is 16.4 Å². The number of hydrogen-bond donors (Lipinski definition) is 1. The second-order valence-electron chi connectivity index (χ2n) is 6.91. The Morgan fingerprint density at radius 3 is 2.64 bits per heavy atom. The van der Waals surface area contributed by atoms with Crippen molar-refractivity contribution in [3.8, 4) is 5.69 Å². The Morgan fingerprint density at radius 2 is 2.08 bits per heavy atom. The molecule has 1 aliphatic rings. The van der Waals surface area contributed by atoms with E-state index in [0.717, 1.165) is 30.5 Å². The van der Waals surface area contributed by atoms with Crippen molar-refractivity contribution in [2.24, 2.45) is 11.1 Å². The highest BCUT2D eigenvalue weighted by atomic mass is 35.5. The first kappa shape index (κ1) is 18.2. The highest BCUT2D eigenvalue weighted by molar-refractivity contribution is 6.35. The third kappa shape index (κ3) is 3.66. The number of aryl methyl sites for hydroxylation is 1. The van der Waals surface area contributed by atoms with Crippen molar-refractivity contribution < 1.29 is 0 Å². The molecule has 132 valence electrons. The smallest absolute Gasteiger partial charge is 0.258 e. The average Bonchev–Trinajstić information content (AvgIpc) is 2.56. The Morgan fingerprint density at radius 1 is 1.32 bits per heavy atom. The minimum Gasteiger partial charge on any atom is -0.330 e. The minimum atomic E-state index is -0.153. The number of benzene rings is 1. The zero-order chi connectivity index (χ0) is 18.2. The molecule has 3 rings (SSSR count). The number of nitrogens with zero attached hydrogens (tertiary/aromatic N) is 2. The summed E-state index contributed by atoms with van der Waals surface area (Å²) in [6, 6.07) is 6.64. The lowest BCUT2D eigenvalue weighted by Gasteiger charge is -2.31. The van der Waals surface area contributed by atoms with Crippen molar-refractivity contribution in [3.63, 3.8) is 0 Å². The molecule has 0 saturated carbocycles. The van der Waals surface area contributed by atoms with Crippen LogP contribution in [0.2, 0.25) is 10.0 Å². The van der Waals surface area contributed by atoms with Gasteiger partial charge in [-0.15, -0.1) is 0 Å². The van der Waals surface area contributed by atoms with E-state index in [1.165, 1.54) is 4.57 Å². The van der Waals surface area contributed by atoms with E-state index in [0.29, 0.717) is 28.1 Å². The average molecular weight is 378 g/mol. The highest BCUT2D eigenvalue weighted by Crippen LogP contribution is 2.37. The van der Waals surface area contributed by atoms with Crippen LogP contribution in [0.25, 0.3) is 11.3 Å². The molecule has 1 heterocycles. The molecule has 0 aliphatic heterocycles. The predicted octanol–water partition coefficient (Wildman–Crippen LogP) is 4.38. The number of allylic oxidation sites excluding steroid dienone is 2. The summed E-state index contributed by atoms with van der Waals surface area (Å²) >= 11 is 12.2. The normalized spacial score (nSPS) is 20.4. The van der Waals surface area contributed by atoms with Crippen LogP contribution in [0.3, 0.4) is 0 Å². The van der Waals surface area contributed by atoms with Gasteiger partial charge in [0, 0.05) is 11.1 Å². The van der Waals surface area contributed by atoms with Gasteiger partial charge in [0.1, 0.15) is 5.82 Å². The number of hydrogen-bond acceptors (Lipinski definition) is 3. The van der Waals surface area contributed by atoms with Crippen molar-refractivity contribution in [3.05, 3.63) is 62.3 Å². The summed E-state index contributed by atoms with van der Waals surface area (Å²) in [5.41, 5.74) is 8.28. The fourth-order valence-electron chi connectivity index (χ4n) is 3.15. The van der Waals surface area contributed by atoms with Crippen LogP contribution >= 0.6 is 23.2 Å². The van der Waals surface area contributed by atoms with E-state index in [-0.39, 0.29) is 11.0 Å². The van der Waals surface area contributed by atoms with E-state index in [1.54, 1.807) is 24.3 Å². The molecule has 0 bridgehead atoms. The van der Waals surface area contributed by atoms with Gasteiger partial charge in [0.15, 0.2) is 0 Å². The van der Waals surface area contributed by atoms with Gasteiger partial charge in [0.2, 0.25) is 0 Å². The van der Waals surface area contributed by atoms with E-state index in [2.05, 4.69) is 18.0 Å². The summed E-state index contributed by atoms with van der Waals surface area (Å²) in [6.45, 7) is 4.67. The summed E-state index contributed by atoms with van der Waals surface area (Å²) in [7, 11) is 0. The van der Waals surface area contributed by atoms with Crippen molar-refractivity contribution in [2.45, 2.75) is 33.1 Å². The monoisotopic (exact) mass is 377 g/mol. The van der Waals surface area contributed by atoms with Crippen LogP contribution < -0.4 is 11.3 Å². The standard InChI is InChI=1S/C19H21Cl2N3O/c1-12-23-16(13-5-7-19(2,11-22)8-6-13)10-18(25)24(12)17-4-3-14(20)9-15(17)21/h3-5,9-10H,6-8,11,22H2,1-2H3. The molecule has 2 N–H and O–H groups in total. The summed E-state index contributed by atoms with van der Waals surface area (Å²) in [4.78, 5) is 17.4. The fourth-order valence-corrected chi connectivity index (χ4v) is 3.64. The molecular weight excluding hydrogens is 357 g/mol. The summed E-state index contributed by atoms with van der Waals surface area (Å²) in [5.74, 6) is 0.597. The van der Waals surface area contributed by atoms with Gasteiger partial charge in [0.25, 0.3) is 5.56 Å². The first-order valence-electron chi connectivity index (χ1n) is 8.28. The number of rotatable bonds is 3. The lowest BCUT2D eigenvalue weighted by atomic mass is 9.76. The van der Waals surface area contributed by atoms with Crippen molar-refractivity contribution in [1.82, 2.24) is 9.55 Å². The van der Waals surface area contributed by atoms with E-state index in [9.17, 15) is 4.79 Å². The largest absolute Gasteiger partial charge is 0.330 e. The molecule has 1 aliphatic carbocycles. The molecule has 0 saturated heterocycles. The number of halogens is 2. The van der Waals surface area contributed by atoms with Crippen LogP contribution in [0.4, 0.5) is 0 Å². The molecule has 0 fully saturated rings. The maximum absolute atomic E-state index is 12.7. The molecule has 25 heavy (non-hydrogen) atoms. The molecular formula is C19H21Cl2N3O. The summed E-state index contributed by atoms with van der Waals surface area (Å²) in [6.07, 6.45) is 4.95. The van der Waals surface area contributed by atoms with E-state index in [4.69, 9.17) is 28.9 Å². The third-order valence-electron chi connectivity index (χ3n) is 4.90. The Labute approximate surface area is 157 Å². The fraction of sp³-hybridized carbons (Fsp3) is 0.368. The molecule has 4 nitrogen and oxygen atoms in total. The number of nitrogens with two attached hydrogens (primary N) is 1. The minimum absolute atomic E-state index is 0.143. The van der Waals surface area contributed by atoms with E-state index >= 15 is 0 Å². The Hall–Kier alpha value is -1.62. The first-order chi connectivity index (χ1) is 11.8. The van der Waals surface area contributed by atoms with Gasteiger partial charge in [-0.2, -0.15) is 0 Å². The van der Waals surface area contributed by atoms with Gasteiger partial charge < -0.3 is 5.73 Å². The number of aromatic nitrogens is 2. The molecule has 6 heteroatoms. The van der Waals surface area contributed by atoms with Gasteiger partial charge in [-0.05, 0) is 61.9 Å². The molecule has 0 amide bonds. The molecule has 0 spiro atoms. The lowest BCUT2D eigenvalue weighted by Crippen LogP contribution is -2.29. The quantitative estimate of drug-likeness (QED) is 0.862. The van der Waals surface area contributed by atoms with Crippen LogP contribution in [0.5, 0.6) is 0 Å². The molecule has 1 aromatic carbocycles. The summed E-state index contributed by atoms with van der Waals surface area (Å²) < 4.78 is 1.51. The van der Waals surface area contributed by atoms with E-state index in [1.807, 2.05) is 6.92 Å². The molecule has 2 aromatic rings. The molecule has 1 aromatic heterocycles. The van der Waals surface area contributed by atoms with Crippen LogP contribution in [-0.2, 0) is 0 Å². The predicted molar refractivity (Wildman–Crippen MR) is 104 cm³/mol. The molecule has 0 radical (unpaired) electrons. The Kier molecular flexibility index (Phi) is 5.05. The van der Waals surface area contributed by atoms with Crippen LogP contribution in [-0.4, -0.2) is 16.1 Å². The van der Waals surface area contributed by atoms with Gasteiger partial charge in [-0.3, -0.25) is 9.36 Å². The van der Waals surface area contributed by atoms with Crippen molar-refractivity contribution >= 4 is 28.8 Å². The topological polar surface area (TPSA) is 60.9 Å². The maximum atomic E-state index is 12.7. The van der Waals surface area contributed by atoms with E-state index < -0.39 is 0 Å². The van der Waals surface area contributed by atoms with Gasteiger partial charge in [-0.1, -0.05) is 36.2 Å². The van der Waals surface area contributed by atoms with Crippen molar-refractivity contribution in [2.75, 3.05) is 6.54 Å². The Balaban J connectivity index is 2.01. The lowest BCUT2D eigenvalue weighted by molar-refractivity contribution is 0.307. The van der Waals surface area contributed by atoms with Crippen molar-refractivity contribution in [1.29, 1.82) is 0 Å². The second kappa shape index (κ2) is 6.94. The second-order valence-corrected chi connectivity index (χ2v) is 7.75. The van der Waals surface area contributed by atoms with Gasteiger partial charge >= 0.3 is 0 Å². The van der Waals surface area contributed by atoms with Gasteiger partial charge in [-0.25, -0.2) is 4.98 Å². The first-order valence-corrected chi connectivity index (χ1v) is 9.04. The van der Waals surface area contributed by atoms with Crippen LogP contribution in [0, 0.1) is 12.3 Å². The SMILES string of the molecule is Cc1nc(C2=CCC(C)(CN)CC2)cc(=O)n1-c1ccc(Cl)cc1Cl.